The van der Waals surface area contributed by atoms with Gasteiger partial charge in [-0.25, -0.2) is 4.39 Å². The van der Waals surface area contributed by atoms with Gasteiger partial charge >= 0.3 is 0 Å². The van der Waals surface area contributed by atoms with Crippen LogP contribution in [0.3, 0.4) is 0 Å². The quantitative estimate of drug-likeness (QED) is 0.839. The fraction of sp³-hybridized carbons (Fsp3) is 0.533. The molecule has 1 aromatic carbocycles. The van der Waals surface area contributed by atoms with Crippen molar-refractivity contribution in [1.82, 2.24) is 25.5 Å². The Bertz CT molecular complexity index is 593. The number of hydrogen-bond donors (Lipinski definition) is 1. The van der Waals surface area contributed by atoms with Gasteiger partial charge in [0.25, 0.3) is 0 Å². The molecule has 0 amide bonds. The lowest BCUT2D eigenvalue weighted by Crippen LogP contribution is -2.28. The first-order chi connectivity index (χ1) is 10.2. The second-order valence-electron chi connectivity index (χ2n) is 5.78. The molecule has 1 atom stereocenters. The van der Waals surface area contributed by atoms with Crippen LogP contribution in [0.15, 0.2) is 24.3 Å². The topological polar surface area (TPSA) is 55.6 Å². The smallest absolute Gasteiger partial charge is 0.175 e. The highest BCUT2D eigenvalue weighted by molar-refractivity contribution is 5.17. The Morgan fingerprint density at radius 3 is 2.90 bits per heavy atom. The molecule has 0 saturated heterocycles. The zero-order valence-electron chi connectivity index (χ0n) is 12.2. The van der Waals surface area contributed by atoms with Gasteiger partial charge in [0.15, 0.2) is 5.82 Å². The summed E-state index contributed by atoms with van der Waals surface area (Å²) in [5, 5.41) is 15.7. The van der Waals surface area contributed by atoms with E-state index < -0.39 is 0 Å². The predicted molar refractivity (Wildman–Crippen MR) is 77.1 cm³/mol. The number of halogens is 1. The summed E-state index contributed by atoms with van der Waals surface area (Å²) >= 11 is 0. The molecule has 1 aliphatic carbocycles. The van der Waals surface area contributed by atoms with Crippen LogP contribution in [0.2, 0.25) is 0 Å². The maximum atomic E-state index is 13.3. The second-order valence-corrected chi connectivity index (χ2v) is 5.78. The minimum atomic E-state index is -0.181. The van der Waals surface area contributed by atoms with Crippen LogP contribution >= 0.6 is 0 Å². The largest absolute Gasteiger partial charge is 0.314 e. The van der Waals surface area contributed by atoms with E-state index in [9.17, 15) is 4.39 Å². The van der Waals surface area contributed by atoms with Gasteiger partial charge in [0, 0.05) is 12.5 Å². The first kappa shape index (κ1) is 14.1. The van der Waals surface area contributed by atoms with Gasteiger partial charge in [-0.1, -0.05) is 12.1 Å². The van der Waals surface area contributed by atoms with Gasteiger partial charge in [-0.15, -0.1) is 10.2 Å². The standard InChI is InChI=1S/C15H20FN5/c1-21-19-15(18-20-21)9-12(10-17-14-5-6-14)7-11-3-2-4-13(16)8-11/h2-4,8,12,14,17H,5-7,9-10H2,1H3. The highest BCUT2D eigenvalue weighted by Gasteiger charge is 2.23. The monoisotopic (exact) mass is 289 g/mol. The van der Waals surface area contributed by atoms with Crippen LogP contribution in [0.4, 0.5) is 4.39 Å². The molecular formula is C15H20FN5. The summed E-state index contributed by atoms with van der Waals surface area (Å²) in [5.74, 6) is 0.909. The lowest BCUT2D eigenvalue weighted by Gasteiger charge is -2.16. The number of rotatable bonds is 7. The van der Waals surface area contributed by atoms with Crippen molar-refractivity contribution in [2.24, 2.45) is 13.0 Å². The molecule has 2 aromatic rings. The molecule has 1 heterocycles. The zero-order chi connectivity index (χ0) is 14.7. The van der Waals surface area contributed by atoms with Gasteiger partial charge in [0.1, 0.15) is 5.82 Å². The summed E-state index contributed by atoms with van der Waals surface area (Å²) in [5.41, 5.74) is 1.02. The average Bonchev–Trinajstić information content (AvgIpc) is 3.19. The Hall–Kier alpha value is -1.82. The van der Waals surface area contributed by atoms with Gasteiger partial charge in [-0.2, -0.15) is 4.80 Å². The van der Waals surface area contributed by atoms with E-state index in [-0.39, 0.29) is 5.82 Å². The van der Waals surface area contributed by atoms with Crippen LogP contribution in [0.1, 0.15) is 24.2 Å². The summed E-state index contributed by atoms with van der Waals surface area (Å²) < 4.78 is 13.3. The van der Waals surface area contributed by atoms with E-state index in [2.05, 4.69) is 20.7 Å². The second kappa shape index (κ2) is 6.30. The number of aromatic nitrogens is 4. The van der Waals surface area contributed by atoms with E-state index >= 15 is 0 Å². The highest BCUT2D eigenvalue weighted by atomic mass is 19.1. The molecule has 5 nitrogen and oxygen atoms in total. The molecule has 0 bridgehead atoms. The lowest BCUT2D eigenvalue weighted by atomic mass is 9.95. The number of aryl methyl sites for hydroxylation is 1. The molecule has 112 valence electrons. The van der Waals surface area contributed by atoms with Gasteiger partial charge in [-0.05, 0) is 54.6 Å². The molecule has 1 N–H and O–H groups in total. The molecule has 1 saturated carbocycles. The third-order valence-corrected chi connectivity index (χ3v) is 3.71. The van der Waals surface area contributed by atoms with E-state index in [4.69, 9.17) is 0 Å². The normalized spacial score (nSPS) is 16.1. The molecule has 1 unspecified atom stereocenters. The van der Waals surface area contributed by atoms with Crippen molar-refractivity contribution < 1.29 is 4.39 Å². The highest BCUT2D eigenvalue weighted by Crippen LogP contribution is 2.20. The SMILES string of the molecule is Cn1nnc(CC(CNC2CC2)Cc2cccc(F)c2)n1. The van der Waals surface area contributed by atoms with Crippen LogP contribution < -0.4 is 5.32 Å². The zero-order valence-corrected chi connectivity index (χ0v) is 12.2. The number of benzene rings is 1. The molecule has 6 heteroatoms. The van der Waals surface area contributed by atoms with Crippen LogP contribution in [-0.2, 0) is 19.9 Å². The fourth-order valence-electron chi connectivity index (χ4n) is 2.50. The number of nitrogens with zero attached hydrogens (tertiary/aromatic N) is 4. The Labute approximate surface area is 123 Å². The molecule has 3 rings (SSSR count). The van der Waals surface area contributed by atoms with Gasteiger partial charge in [0.2, 0.25) is 0 Å². The van der Waals surface area contributed by atoms with Crippen molar-refractivity contribution in [2.75, 3.05) is 6.54 Å². The maximum Gasteiger partial charge on any atom is 0.175 e. The van der Waals surface area contributed by atoms with Gasteiger partial charge in [0.05, 0.1) is 7.05 Å². The van der Waals surface area contributed by atoms with Crippen LogP contribution in [-0.4, -0.2) is 32.8 Å². The van der Waals surface area contributed by atoms with Gasteiger partial charge in [-0.3, -0.25) is 0 Å². The Morgan fingerprint density at radius 1 is 1.38 bits per heavy atom. The maximum absolute atomic E-state index is 13.3. The van der Waals surface area contributed by atoms with Crippen LogP contribution in [0.25, 0.3) is 0 Å². The fourth-order valence-corrected chi connectivity index (χ4v) is 2.50. The van der Waals surface area contributed by atoms with Crippen molar-refractivity contribution >= 4 is 0 Å². The van der Waals surface area contributed by atoms with Crippen molar-refractivity contribution in [3.8, 4) is 0 Å². The Balaban J connectivity index is 1.65. The first-order valence-electron chi connectivity index (χ1n) is 7.40. The molecule has 1 fully saturated rings. The van der Waals surface area contributed by atoms with Crippen molar-refractivity contribution in [3.63, 3.8) is 0 Å². The number of hydrogen-bond acceptors (Lipinski definition) is 4. The molecule has 21 heavy (non-hydrogen) atoms. The van der Waals surface area contributed by atoms with Crippen LogP contribution in [0, 0.1) is 11.7 Å². The van der Waals surface area contributed by atoms with Crippen molar-refractivity contribution in [3.05, 3.63) is 41.5 Å². The number of tetrazole rings is 1. The summed E-state index contributed by atoms with van der Waals surface area (Å²) in [6.07, 6.45) is 4.09. The molecule has 0 spiro atoms. The summed E-state index contributed by atoms with van der Waals surface area (Å²) in [4.78, 5) is 1.48. The predicted octanol–water partition coefficient (Wildman–Crippen LogP) is 1.50. The van der Waals surface area contributed by atoms with Gasteiger partial charge < -0.3 is 5.32 Å². The van der Waals surface area contributed by atoms with Crippen LogP contribution in [0.5, 0.6) is 0 Å². The van der Waals surface area contributed by atoms with E-state index in [1.165, 1.54) is 23.7 Å². The van der Waals surface area contributed by atoms with E-state index in [1.807, 2.05) is 6.07 Å². The average molecular weight is 289 g/mol. The molecule has 1 aliphatic rings. The lowest BCUT2D eigenvalue weighted by molar-refractivity contribution is 0.458. The molecule has 0 aliphatic heterocycles. The summed E-state index contributed by atoms with van der Waals surface area (Å²) in [6, 6.07) is 7.47. The Morgan fingerprint density at radius 2 is 2.24 bits per heavy atom. The van der Waals surface area contributed by atoms with E-state index in [0.29, 0.717) is 12.0 Å². The Kier molecular flexibility index (Phi) is 4.24. The van der Waals surface area contributed by atoms with Crippen molar-refractivity contribution in [1.29, 1.82) is 0 Å². The third kappa shape index (κ3) is 4.32. The minimum absolute atomic E-state index is 0.181. The molecule has 1 aromatic heterocycles. The first-order valence-corrected chi connectivity index (χ1v) is 7.40. The van der Waals surface area contributed by atoms with E-state index in [1.54, 1.807) is 19.2 Å². The molecule has 0 radical (unpaired) electrons. The summed E-state index contributed by atoms with van der Waals surface area (Å²) in [7, 11) is 1.76. The third-order valence-electron chi connectivity index (χ3n) is 3.71. The molecular weight excluding hydrogens is 269 g/mol. The minimum Gasteiger partial charge on any atom is -0.314 e. The number of nitrogens with one attached hydrogen (secondary N) is 1. The van der Waals surface area contributed by atoms with E-state index in [0.717, 1.165) is 30.8 Å². The van der Waals surface area contributed by atoms with Crippen molar-refractivity contribution in [2.45, 2.75) is 31.7 Å². The summed E-state index contributed by atoms with van der Waals surface area (Å²) in [6.45, 7) is 0.902.